The number of hydrogen-bond donors (Lipinski definition) is 2. The molecule has 1 aromatic rings. The third kappa shape index (κ3) is 2.93. The van der Waals surface area contributed by atoms with Crippen LogP contribution in [-0.4, -0.2) is 11.7 Å². The first-order valence-corrected chi connectivity index (χ1v) is 4.61. The van der Waals surface area contributed by atoms with Gasteiger partial charge in [0.1, 0.15) is 5.82 Å². The molecule has 1 aromatic carbocycles. The van der Waals surface area contributed by atoms with E-state index in [1.165, 1.54) is 0 Å². The van der Waals surface area contributed by atoms with Gasteiger partial charge in [0, 0.05) is 0 Å². The van der Waals surface area contributed by atoms with E-state index in [0.717, 1.165) is 6.07 Å². The van der Waals surface area contributed by atoms with Crippen molar-refractivity contribution in [1.82, 2.24) is 0 Å². The first kappa shape index (κ1) is 12.9. The molecule has 0 saturated heterocycles. The van der Waals surface area contributed by atoms with Crippen molar-refractivity contribution in [2.45, 2.75) is 18.7 Å². The van der Waals surface area contributed by atoms with Crippen LogP contribution in [0.2, 0.25) is 0 Å². The average molecular weight is 237 g/mol. The highest BCUT2D eigenvalue weighted by Crippen LogP contribution is 2.32. The lowest BCUT2D eigenvalue weighted by Crippen LogP contribution is -2.11. The van der Waals surface area contributed by atoms with Crippen LogP contribution in [0.15, 0.2) is 18.2 Å². The largest absolute Gasteiger partial charge is 0.419 e. The van der Waals surface area contributed by atoms with Crippen LogP contribution in [0, 0.1) is 5.82 Å². The van der Waals surface area contributed by atoms with Crippen LogP contribution in [0.1, 0.15) is 23.7 Å². The van der Waals surface area contributed by atoms with Crippen molar-refractivity contribution < 1.29 is 22.7 Å². The molecule has 6 heteroatoms. The van der Waals surface area contributed by atoms with Gasteiger partial charge in [0.05, 0.1) is 11.7 Å². The summed E-state index contributed by atoms with van der Waals surface area (Å²) in [6.07, 6.45) is -5.59. The highest BCUT2D eigenvalue weighted by Gasteiger charge is 2.34. The van der Waals surface area contributed by atoms with Gasteiger partial charge in [-0.25, -0.2) is 4.39 Å². The second-order valence-corrected chi connectivity index (χ2v) is 3.33. The topological polar surface area (TPSA) is 46.2 Å². The minimum Gasteiger partial charge on any atom is -0.388 e. The first-order chi connectivity index (χ1) is 7.36. The lowest BCUT2D eigenvalue weighted by atomic mass is 10.0. The summed E-state index contributed by atoms with van der Waals surface area (Å²) in [5.41, 5.74) is 3.93. The van der Waals surface area contributed by atoms with Crippen molar-refractivity contribution in [1.29, 1.82) is 0 Å². The summed E-state index contributed by atoms with van der Waals surface area (Å²) >= 11 is 0. The summed E-state index contributed by atoms with van der Waals surface area (Å²) in [5, 5.41) is 9.41. The number of hydrogen-bond acceptors (Lipinski definition) is 2. The van der Waals surface area contributed by atoms with Crippen LogP contribution in [0.3, 0.4) is 0 Å². The molecule has 0 aliphatic rings. The maximum atomic E-state index is 13.1. The molecule has 3 N–H and O–H groups in total. The van der Waals surface area contributed by atoms with Crippen molar-refractivity contribution >= 4 is 0 Å². The van der Waals surface area contributed by atoms with Crippen molar-refractivity contribution in [2.75, 3.05) is 6.54 Å². The summed E-state index contributed by atoms with van der Waals surface area (Å²) in [5.74, 6) is -1.39. The van der Waals surface area contributed by atoms with E-state index in [2.05, 4.69) is 0 Å². The van der Waals surface area contributed by atoms with Gasteiger partial charge in [-0.05, 0) is 30.7 Å². The van der Waals surface area contributed by atoms with Crippen LogP contribution < -0.4 is 5.73 Å². The molecule has 0 spiro atoms. The molecule has 16 heavy (non-hydrogen) atoms. The normalized spacial score (nSPS) is 13.9. The summed E-state index contributed by atoms with van der Waals surface area (Å²) in [6, 6.07) is 2.35. The summed E-state index contributed by atoms with van der Waals surface area (Å²) in [6.45, 7) is 0.170. The standard InChI is InChI=1S/C10H11F4NO/c11-8-5-6(9(16)3-4-15)1-2-7(8)10(12,13)14/h1-2,5,9,16H,3-4,15H2. The SMILES string of the molecule is NCCC(O)c1ccc(C(F)(F)F)c(F)c1. The summed E-state index contributed by atoms with van der Waals surface area (Å²) < 4.78 is 49.7. The molecule has 0 aliphatic heterocycles. The minimum absolute atomic E-state index is 0.0935. The Morgan fingerprint density at radius 2 is 1.94 bits per heavy atom. The zero-order valence-electron chi connectivity index (χ0n) is 8.26. The Labute approximate surface area is 89.7 Å². The zero-order valence-corrected chi connectivity index (χ0v) is 8.26. The Kier molecular flexibility index (Phi) is 3.88. The van der Waals surface area contributed by atoms with Gasteiger partial charge in [0.25, 0.3) is 0 Å². The molecule has 1 rings (SSSR count). The molecule has 0 radical (unpaired) electrons. The van der Waals surface area contributed by atoms with Crippen LogP contribution in [0.4, 0.5) is 17.6 Å². The molecular formula is C10H11F4NO. The van der Waals surface area contributed by atoms with Gasteiger partial charge in [-0.2, -0.15) is 13.2 Å². The third-order valence-electron chi connectivity index (χ3n) is 2.12. The number of halogens is 4. The van der Waals surface area contributed by atoms with Crippen LogP contribution >= 0.6 is 0 Å². The molecule has 0 bridgehead atoms. The van der Waals surface area contributed by atoms with Crippen molar-refractivity contribution in [2.24, 2.45) is 5.73 Å². The van der Waals surface area contributed by atoms with E-state index in [0.29, 0.717) is 12.1 Å². The Balaban J connectivity index is 3.00. The van der Waals surface area contributed by atoms with Gasteiger partial charge < -0.3 is 10.8 Å². The van der Waals surface area contributed by atoms with Crippen molar-refractivity contribution in [3.63, 3.8) is 0 Å². The molecule has 1 atom stereocenters. The average Bonchev–Trinajstić information content (AvgIpc) is 2.16. The number of alkyl halides is 3. The monoisotopic (exact) mass is 237 g/mol. The quantitative estimate of drug-likeness (QED) is 0.792. The van der Waals surface area contributed by atoms with Crippen molar-refractivity contribution in [3.8, 4) is 0 Å². The zero-order chi connectivity index (χ0) is 12.3. The van der Waals surface area contributed by atoms with Gasteiger partial charge in [0.2, 0.25) is 0 Å². The Hall–Kier alpha value is -1.14. The fourth-order valence-electron chi connectivity index (χ4n) is 1.29. The molecule has 0 heterocycles. The third-order valence-corrected chi connectivity index (χ3v) is 2.12. The molecule has 1 unspecified atom stereocenters. The summed E-state index contributed by atoms with van der Waals surface area (Å²) in [4.78, 5) is 0. The number of benzene rings is 1. The molecule has 0 fully saturated rings. The van der Waals surface area contributed by atoms with Crippen LogP contribution in [0.5, 0.6) is 0 Å². The maximum absolute atomic E-state index is 13.1. The Morgan fingerprint density at radius 1 is 1.31 bits per heavy atom. The Morgan fingerprint density at radius 3 is 2.38 bits per heavy atom. The fourth-order valence-corrected chi connectivity index (χ4v) is 1.29. The van der Waals surface area contributed by atoms with Gasteiger partial charge >= 0.3 is 6.18 Å². The molecule has 2 nitrogen and oxygen atoms in total. The van der Waals surface area contributed by atoms with Gasteiger partial charge in [0.15, 0.2) is 0 Å². The van der Waals surface area contributed by atoms with E-state index in [1.807, 2.05) is 0 Å². The number of aliphatic hydroxyl groups excluding tert-OH is 1. The lowest BCUT2D eigenvalue weighted by Gasteiger charge is -2.12. The van der Waals surface area contributed by atoms with E-state index in [9.17, 15) is 22.7 Å². The number of rotatable bonds is 3. The first-order valence-electron chi connectivity index (χ1n) is 4.61. The van der Waals surface area contributed by atoms with Crippen LogP contribution in [-0.2, 0) is 6.18 Å². The highest BCUT2D eigenvalue weighted by atomic mass is 19.4. The maximum Gasteiger partial charge on any atom is 0.419 e. The van der Waals surface area contributed by atoms with Crippen molar-refractivity contribution in [3.05, 3.63) is 35.1 Å². The Bertz CT molecular complexity index is 364. The predicted octanol–water partition coefficient (Wildman–Crippen LogP) is 2.23. The molecular weight excluding hydrogens is 226 g/mol. The van der Waals surface area contributed by atoms with Crippen LogP contribution in [0.25, 0.3) is 0 Å². The predicted molar refractivity (Wildman–Crippen MR) is 50.0 cm³/mol. The van der Waals surface area contributed by atoms with E-state index in [-0.39, 0.29) is 18.5 Å². The van der Waals surface area contributed by atoms with Gasteiger partial charge in [-0.1, -0.05) is 6.07 Å². The van der Waals surface area contributed by atoms with E-state index >= 15 is 0 Å². The molecule has 0 aromatic heterocycles. The minimum atomic E-state index is -4.72. The molecule has 90 valence electrons. The lowest BCUT2D eigenvalue weighted by molar-refractivity contribution is -0.140. The van der Waals surface area contributed by atoms with Gasteiger partial charge in [-0.15, -0.1) is 0 Å². The molecule has 0 aliphatic carbocycles. The molecule has 0 amide bonds. The smallest absolute Gasteiger partial charge is 0.388 e. The number of aliphatic hydroxyl groups is 1. The second kappa shape index (κ2) is 4.80. The molecule has 0 saturated carbocycles. The second-order valence-electron chi connectivity index (χ2n) is 3.33. The van der Waals surface area contributed by atoms with E-state index < -0.39 is 23.7 Å². The van der Waals surface area contributed by atoms with E-state index in [4.69, 9.17) is 5.73 Å². The fraction of sp³-hybridized carbons (Fsp3) is 0.400. The van der Waals surface area contributed by atoms with E-state index in [1.54, 1.807) is 0 Å². The highest BCUT2D eigenvalue weighted by molar-refractivity contribution is 5.27. The number of nitrogens with two attached hydrogens (primary N) is 1. The van der Waals surface area contributed by atoms with Gasteiger partial charge in [-0.3, -0.25) is 0 Å². The summed E-state index contributed by atoms with van der Waals surface area (Å²) in [7, 11) is 0.